The Kier molecular flexibility index (Phi) is 3.86. The van der Waals surface area contributed by atoms with E-state index in [4.69, 9.17) is 17.3 Å². The normalized spacial score (nSPS) is 12.7. The van der Waals surface area contributed by atoms with Crippen LogP contribution in [-0.4, -0.2) is 9.55 Å². The average molecular weight is 315 g/mol. The molecule has 2 N–H and O–H groups in total. The van der Waals surface area contributed by atoms with Crippen molar-refractivity contribution in [1.29, 1.82) is 0 Å². The second-order valence-corrected chi connectivity index (χ2v) is 5.09. The maximum Gasteiger partial charge on any atom is 0.0995 e. The Bertz CT molecular complexity index is 524. The van der Waals surface area contributed by atoms with E-state index in [1.807, 2.05) is 22.8 Å². The largest absolute Gasteiger partial charge is 0.323 e. The van der Waals surface area contributed by atoms with Crippen molar-refractivity contribution < 1.29 is 0 Å². The zero-order chi connectivity index (χ0) is 12.4. The zero-order valence-corrected chi connectivity index (χ0v) is 11.7. The molecule has 0 bridgehead atoms. The van der Waals surface area contributed by atoms with Crippen molar-refractivity contribution in [2.75, 3.05) is 0 Å². The van der Waals surface area contributed by atoms with Gasteiger partial charge in [0.25, 0.3) is 0 Å². The molecule has 3 nitrogen and oxygen atoms in total. The van der Waals surface area contributed by atoms with E-state index in [-0.39, 0.29) is 6.04 Å². The molecule has 1 atom stereocenters. The minimum Gasteiger partial charge on any atom is -0.323 e. The van der Waals surface area contributed by atoms with Gasteiger partial charge in [-0.1, -0.05) is 18.5 Å². The number of benzene rings is 1. The summed E-state index contributed by atoms with van der Waals surface area (Å²) in [5.74, 6) is 0. The molecule has 5 heteroatoms. The fourth-order valence-electron chi connectivity index (χ4n) is 1.66. The predicted octanol–water partition coefficient (Wildman–Crippen LogP) is 3.70. The lowest BCUT2D eigenvalue weighted by Gasteiger charge is -2.14. The molecule has 0 amide bonds. The van der Waals surface area contributed by atoms with Crippen LogP contribution in [-0.2, 0) is 0 Å². The lowest BCUT2D eigenvalue weighted by atomic mass is 10.2. The molecule has 17 heavy (non-hydrogen) atoms. The van der Waals surface area contributed by atoms with Crippen LogP contribution in [0, 0.1) is 0 Å². The van der Waals surface area contributed by atoms with Gasteiger partial charge in [0, 0.05) is 15.5 Å². The number of hydrogen-bond acceptors (Lipinski definition) is 2. The molecule has 1 aromatic heterocycles. The van der Waals surface area contributed by atoms with Crippen molar-refractivity contribution in [2.24, 2.45) is 5.73 Å². The highest BCUT2D eigenvalue weighted by Gasteiger charge is 2.13. The second kappa shape index (κ2) is 5.21. The van der Waals surface area contributed by atoms with Gasteiger partial charge in [0.1, 0.15) is 0 Å². The summed E-state index contributed by atoms with van der Waals surface area (Å²) in [6, 6.07) is 5.62. The summed E-state index contributed by atoms with van der Waals surface area (Å²) >= 11 is 9.52. The van der Waals surface area contributed by atoms with Crippen LogP contribution in [0.5, 0.6) is 0 Å². The molecule has 0 radical (unpaired) electrons. The van der Waals surface area contributed by atoms with Gasteiger partial charge in [0.15, 0.2) is 0 Å². The summed E-state index contributed by atoms with van der Waals surface area (Å²) in [6.07, 6.45) is 4.41. The van der Waals surface area contributed by atoms with E-state index in [1.165, 1.54) is 0 Å². The third kappa shape index (κ3) is 2.54. The fourth-order valence-corrected chi connectivity index (χ4v) is 2.26. The number of halogens is 2. The summed E-state index contributed by atoms with van der Waals surface area (Å²) in [5, 5.41) is 0.688. The van der Waals surface area contributed by atoms with E-state index >= 15 is 0 Å². The Hall–Kier alpha value is -0.840. The van der Waals surface area contributed by atoms with Crippen LogP contribution in [0.1, 0.15) is 25.1 Å². The minimum atomic E-state index is -0.0246. The average Bonchev–Trinajstić information content (AvgIpc) is 2.80. The fraction of sp³-hybridized carbons (Fsp3) is 0.250. The number of imidazole rings is 1. The van der Waals surface area contributed by atoms with E-state index in [9.17, 15) is 0 Å². The highest BCUT2D eigenvalue weighted by molar-refractivity contribution is 9.10. The topological polar surface area (TPSA) is 43.8 Å². The van der Waals surface area contributed by atoms with Gasteiger partial charge in [0.05, 0.1) is 23.9 Å². The number of nitrogens with zero attached hydrogens (tertiary/aromatic N) is 2. The Balaban J connectivity index is 2.53. The first-order valence-corrected chi connectivity index (χ1v) is 6.53. The van der Waals surface area contributed by atoms with Gasteiger partial charge in [0.2, 0.25) is 0 Å². The highest BCUT2D eigenvalue weighted by atomic mass is 79.9. The first kappa shape index (κ1) is 12.6. The molecular formula is C12H13BrClN3. The molecule has 0 aliphatic carbocycles. The van der Waals surface area contributed by atoms with Gasteiger partial charge < -0.3 is 10.3 Å². The van der Waals surface area contributed by atoms with Crippen molar-refractivity contribution >= 4 is 27.5 Å². The molecule has 0 unspecified atom stereocenters. The monoisotopic (exact) mass is 313 g/mol. The minimum absolute atomic E-state index is 0.0246. The van der Waals surface area contributed by atoms with E-state index in [0.29, 0.717) is 5.02 Å². The van der Waals surface area contributed by atoms with Crippen molar-refractivity contribution in [2.45, 2.75) is 19.4 Å². The SMILES string of the molecule is CC[C@@H](N)c1cncn1-c1cc(Cl)ccc1Br. The molecule has 0 aliphatic heterocycles. The van der Waals surface area contributed by atoms with Crippen molar-refractivity contribution in [3.8, 4) is 5.69 Å². The van der Waals surface area contributed by atoms with E-state index in [2.05, 4.69) is 27.8 Å². The maximum absolute atomic E-state index is 6.06. The van der Waals surface area contributed by atoms with E-state index < -0.39 is 0 Å². The third-order valence-corrected chi connectivity index (χ3v) is 3.56. The summed E-state index contributed by atoms with van der Waals surface area (Å²) in [6.45, 7) is 2.05. The van der Waals surface area contributed by atoms with E-state index in [1.54, 1.807) is 12.5 Å². The van der Waals surface area contributed by atoms with Gasteiger partial charge in [-0.2, -0.15) is 0 Å². The Morgan fingerprint density at radius 3 is 3.00 bits per heavy atom. The lowest BCUT2D eigenvalue weighted by molar-refractivity contribution is 0.659. The van der Waals surface area contributed by atoms with Crippen LogP contribution >= 0.6 is 27.5 Å². The highest BCUT2D eigenvalue weighted by Crippen LogP contribution is 2.27. The first-order chi connectivity index (χ1) is 8.13. The van der Waals surface area contributed by atoms with Gasteiger partial charge in [-0.15, -0.1) is 0 Å². The molecular weight excluding hydrogens is 302 g/mol. The second-order valence-electron chi connectivity index (χ2n) is 3.80. The predicted molar refractivity (Wildman–Crippen MR) is 73.5 cm³/mol. The van der Waals surface area contributed by atoms with Crippen molar-refractivity contribution in [3.05, 3.63) is 45.9 Å². The molecule has 1 heterocycles. The smallest absolute Gasteiger partial charge is 0.0995 e. The maximum atomic E-state index is 6.06. The summed E-state index contributed by atoms with van der Waals surface area (Å²) in [7, 11) is 0. The summed E-state index contributed by atoms with van der Waals surface area (Å²) < 4.78 is 2.92. The van der Waals surface area contributed by atoms with Crippen LogP contribution in [0.15, 0.2) is 35.2 Å². The number of aromatic nitrogens is 2. The molecule has 0 aliphatic rings. The van der Waals surface area contributed by atoms with Crippen LogP contribution < -0.4 is 5.73 Å². The third-order valence-electron chi connectivity index (χ3n) is 2.65. The molecule has 0 saturated carbocycles. The number of hydrogen-bond donors (Lipinski definition) is 1. The standard InChI is InChI=1S/C12H13BrClN3/c1-2-10(15)12-6-16-7-17(12)11-5-8(14)3-4-9(11)13/h3-7,10H,2,15H2,1H3/t10-/m1/s1. The van der Waals surface area contributed by atoms with Crippen molar-refractivity contribution in [3.63, 3.8) is 0 Å². The van der Waals surface area contributed by atoms with Crippen LogP contribution in [0.25, 0.3) is 5.69 Å². The lowest BCUT2D eigenvalue weighted by Crippen LogP contribution is -2.13. The Morgan fingerprint density at radius 1 is 1.53 bits per heavy atom. The molecule has 1 aromatic carbocycles. The molecule has 90 valence electrons. The molecule has 0 fully saturated rings. The summed E-state index contributed by atoms with van der Waals surface area (Å²) in [5.41, 5.74) is 7.99. The van der Waals surface area contributed by atoms with Gasteiger partial charge >= 0.3 is 0 Å². The van der Waals surface area contributed by atoms with Crippen LogP contribution in [0.2, 0.25) is 5.02 Å². The van der Waals surface area contributed by atoms with Gasteiger partial charge in [-0.05, 0) is 40.5 Å². The Labute approximate surface area is 114 Å². The van der Waals surface area contributed by atoms with Gasteiger partial charge in [-0.25, -0.2) is 4.98 Å². The summed E-state index contributed by atoms with van der Waals surface area (Å²) in [4.78, 5) is 4.16. The van der Waals surface area contributed by atoms with E-state index in [0.717, 1.165) is 22.3 Å². The number of rotatable bonds is 3. The van der Waals surface area contributed by atoms with Crippen molar-refractivity contribution in [1.82, 2.24) is 9.55 Å². The van der Waals surface area contributed by atoms with Gasteiger partial charge in [-0.3, -0.25) is 0 Å². The van der Waals surface area contributed by atoms with Crippen LogP contribution in [0.3, 0.4) is 0 Å². The zero-order valence-electron chi connectivity index (χ0n) is 9.40. The first-order valence-electron chi connectivity index (χ1n) is 5.36. The molecule has 0 saturated heterocycles. The number of nitrogens with two attached hydrogens (primary N) is 1. The Morgan fingerprint density at radius 2 is 2.29 bits per heavy atom. The molecule has 2 rings (SSSR count). The van der Waals surface area contributed by atoms with Crippen LogP contribution in [0.4, 0.5) is 0 Å². The molecule has 2 aromatic rings. The quantitative estimate of drug-likeness (QED) is 0.939. The molecule has 0 spiro atoms.